The fourth-order valence-electron chi connectivity index (χ4n) is 1.40. The molecule has 0 aromatic heterocycles. The smallest absolute Gasteiger partial charge is 0.0618 e. The predicted molar refractivity (Wildman–Crippen MR) is 56.4 cm³/mol. The fourth-order valence-corrected chi connectivity index (χ4v) is 1.40. The molecule has 0 fully saturated rings. The lowest BCUT2D eigenvalue weighted by Crippen LogP contribution is -1.86. The highest BCUT2D eigenvalue weighted by molar-refractivity contribution is 5.65. The molecule has 0 amide bonds. The summed E-state index contributed by atoms with van der Waals surface area (Å²) in [6, 6.07) is 10.2. The summed E-state index contributed by atoms with van der Waals surface area (Å²) < 4.78 is 0. The zero-order valence-corrected chi connectivity index (χ0v) is 8.03. The van der Waals surface area contributed by atoms with Crippen LogP contribution in [0.5, 0.6) is 0 Å². The minimum absolute atomic E-state index is 0.129. The summed E-state index contributed by atoms with van der Waals surface area (Å²) in [4.78, 5) is 0. The van der Waals surface area contributed by atoms with Gasteiger partial charge in [-0.25, -0.2) is 0 Å². The van der Waals surface area contributed by atoms with Gasteiger partial charge in [-0.15, -0.1) is 0 Å². The molecule has 1 nitrogen and oxygen atoms in total. The van der Waals surface area contributed by atoms with Gasteiger partial charge >= 0.3 is 0 Å². The Labute approximate surface area is 79.7 Å². The van der Waals surface area contributed by atoms with Crippen molar-refractivity contribution >= 4 is 5.57 Å². The van der Waals surface area contributed by atoms with E-state index in [1.54, 1.807) is 0 Å². The van der Waals surface area contributed by atoms with E-state index in [1.165, 1.54) is 11.1 Å². The second-order valence-electron chi connectivity index (χ2n) is 3.03. The molecule has 1 aromatic rings. The summed E-state index contributed by atoms with van der Waals surface area (Å²) in [6.07, 6.45) is 4.03. The van der Waals surface area contributed by atoms with Crippen LogP contribution in [0.25, 0.3) is 5.57 Å². The average molecular weight is 176 g/mol. The Bertz CT molecular complexity index is 262. The average Bonchev–Trinajstić information content (AvgIpc) is 2.19. The highest BCUT2D eigenvalue weighted by atomic mass is 16.2. The molecule has 0 aliphatic carbocycles. The summed E-state index contributed by atoms with van der Waals surface area (Å²) in [6.45, 7) is 2.28. The van der Waals surface area contributed by atoms with Gasteiger partial charge in [0.05, 0.1) is 6.61 Å². The number of hydrogen-bond acceptors (Lipinski definition) is 1. The molecule has 0 atom stereocenters. The Hall–Kier alpha value is -1.08. The summed E-state index contributed by atoms with van der Waals surface area (Å²) in [7, 11) is 0. The Kier molecular flexibility index (Phi) is 4.27. The number of hydrogen-bond donors (Lipinski definition) is 1. The van der Waals surface area contributed by atoms with Gasteiger partial charge in [-0.3, -0.25) is 0 Å². The molecule has 0 saturated heterocycles. The van der Waals surface area contributed by atoms with E-state index >= 15 is 0 Å². The molecule has 0 spiro atoms. The zero-order valence-electron chi connectivity index (χ0n) is 8.03. The molecule has 0 heterocycles. The van der Waals surface area contributed by atoms with Crippen LogP contribution >= 0.6 is 0 Å². The van der Waals surface area contributed by atoms with E-state index in [0.29, 0.717) is 0 Å². The van der Waals surface area contributed by atoms with Crippen molar-refractivity contribution in [2.75, 3.05) is 6.61 Å². The Morgan fingerprint density at radius 3 is 2.54 bits per heavy atom. The van der Waals surface area contributed by atoms with Gasteiger partial charge in [-0.05, 0) is 17.6 Å². The maximum Gasteiger partial charge on any atom is 0.0618 e. The molecule has 0 radical (unpaired) electrons. The van der Waals surface area contributed by atoms with E-state index in [9.17, 15) is 0 Å². The molecule has 0 unspecified atom stereocenters. The molecule has 13 heavy (non-hydrogen) atoms. The number of benzene rings is 1. The van der Waals surface area contributed by atoms with Crippen LogP contribution in [0.4, 0.5) is 0 Å². The number of aliphatic hydroxyl groups is 1. The molecule has 1 rings (SSSR count). The summed E-state index contributed by atoms with van der Waals surface area (Å²) >= 11 is 0. The van der Waals surface area contributed by atoms with Gasteiger partial charge in [-0.1, -0.05) is 49.8 Å². The molecule has 0 aliphatic heterocycles. The SMILES string of the molecule is CCCC(=CCO)c1ccccc1. The van der Waals surface area contributed by atoms with Crippen molar-refractivity contribution in [2.45, 2.75) is 19.8 Å². The number of rotatable bonds is 4. The first-order valence-corrected chi connectivity index (χ1v) is 4.73. The monoisotopic (exact) mass is 176 g/mol. The highest BCUT2D eigenvalue weighted by Gasteiger charge is 1.97. The van der Waals surface area contributed by atoms with Crippen molar-refractivity contribution < 1.29 is 5.11 Å². The third-order valence-electron chi connectivity index (χ3n) is 2.00. The largest absolute Gasteiger partial charge is 0.392 e. The van der Waals surface area contributed by atoms with Gasteiger partial charge < -0.3 is 5.11 Å². The van der Waals surface area contributed by atoms with Crippen LogP contribution in [0.15, 0.2) is 36.4 Å². The quantitative estimate of drug-likeness (QED) is 0.748. The maximum atomic E-state index is 8.85. The van der Waals surface area contributed by atoms with Crippen LogP contribution < -0.4 is 0 Å². The van der Waals surface area contributed by atoms with E-state index in [1.807, 2.05) is 24.3 Å². The number of aliphatic hydroxyl groups excluding tert-OH is 1. The lowest BCUT2D eigenvalue weighted by Gasteiger charge is -2.05. The first kappa shape index (κ1) is 10.0. The Balaban J connectivity index is 2.83. The predicted octanol–water partition coefficient (Wildman–Crippen LogP) is 2.86. The molecule has 0 saturated carbocycles. The van der Waals surface area contributed by atoms with Crippen LogP contribution in [-0.4, -0.2) is 11.7 Å². The van der Waals surface area contributed by atoms with Crippen molar-refractivity contribution in [3.8, 4) is 0 Å². The molecule has 1 aromatic carbocycles. The minimum Gasteiger partial charge on any atom is -0.392 e. The van der Waals surface area contributed by atoms with Gasteiger partial charge in [0.25, 0.3) is 0 Å². The van der Waals surface area contributed by atoms with Crippen LogP contribution in [-0.2, 0) is 0 Å². The van der Waals surface area contributed by atoms with Gasteiger partial charge in [0.2, 0.25) is 0 Å². The summed E-state index contributed by atoms with van der Waals surface area (Å²) in [5.74, 6) is 0. The van der Waals surface area contributed by atoms with E-state index in [-0.39, 0.29) is 6.61 Å². The second kappa shape index (κ2) is 5.55. The van der Waals surface area contributed by atoms with Gasteiger partial charge in [0, 0.05) is 0 Å². The Morgan fingerprint density at radius 1 is 1.31 bits per heavy atom. The van der Waals surface area contributed by atoms with E-state index in [0.717, 1.165) is 12.8 Å². The normalized spacial score (nSPS) is 11.7. The topological polar surface area (TPSA) is 20.2 Å². The molecule has 1 heteroatoms. The van der Waals surface area contributed by atoms with Crippen LogP contribution in [0.3, 0.4) is 0 Å². The van der Waals surface area contributed by atoms with Crippen molar-refractivity contribution in [3.63, 3.8) is 0 Å². The summed E-state index contributed by atoms with van der Waals surface area (Å²) in [5, 5.41) is 8.85. The third-order valence-corrected chi connectivity index (χ3v) is 2.00. The summed E-state index contributed by atoms with van der Waals surface area (Å²) in [5.41, 5.74) is 2.46. The lowest BCUT2D eigenvalue weighted by atomic mass is 10.0. The third kappa shape index (κ3) is 3.03. The van der Waals surface area contributed by atoms with Gasteiger partial charge in [0.1, 0.15) is 0 Å². The molecule has 0 aliphatic rings. The maximum absolute atomic E-state index is 8.85. The first-order chi connectivity index (χ1) is 6.38. The molecular weight excluding hydrogens is 160 g/mol. The molecule has 0 bridgehead atoms. The molecule has 70 valence electrons. The van der Waals surface area contributed by atoms with Crippen LogP contribution in [0.1, 0.15) is 25.3 Å². The van der Waals surface area contributed by atoms with Crippen molar-refractivity contribution in [1.82, 2.24) is 0 Å². The van der Waals surface area contributed by atoms with Crippen molar-refractivity contribution in [2.24, 2.45) is 0 Å². The van der Waals surface area contributed by atoms with E-state index in [2.05, 4.69) is 19.1 Å². The molecular formula is C12H16O. The van der Waals surface area contributed by atoms with Gasteiger partial charge in [0.15, 0.2) is 0 Å². The van der Waals surface area contributed by atoms with Crippen LogP contribution in [0.2, 0.25) is 0 Å². The first-order valence-electron chi connectivity index (χ1n) is 4.73. The van der Waals surface area contributed by atoms with E-state index in [4.69, 9.17) is 5.11 Å². The fraction of sp³-hybridized carbons (Fsp3) is 0.333. The Morgan fingerprint density at radius 2 is 2.00 bits per heavy atom. The minimum atomic E-state index is 0.129. The lowest BCUT2D eigenvalue weighted by molar-refractivity contribution is 0.343. The standard InChI is InChI=1S/C12H16O/c1-2-6-11(9-10-13)12-7-4-3-5-8-12/h3-5,7-9,13H,2,6,10H2,1H3. The van der Waals surface area contributed by atoms with Gasteiger partial charge in [-0.2, -0.15) is 0 Å². The van der Waals surface area contributed by atoms with Crippen molar-refractivity contribution in [3.05, 3.63) is 42.0 Å². The zero-order chi connectivity index (χ0) is 9.52. The van der Waals surface area contributed by atoms with Crippen molar-refractivity contribution in [1.29, 1.82) is 0 Å². The number of allylic oxidation sites excluding steroid dienone is 1. The van der Waals surface area contributed by atoms with E-state index < -0.39 is 0 Å². The second-order valence-corrected chi connectivity index (χ2v) is 3.03. The van der Waals surface area contributed by atoms with Crippen LogP contribution in [0, 0.1) is 0 Å². The molecule has 1 N–H and O–H groups in total. The highest BCUT2D eigenvalue weighted by Crippen LogP contribution is 2.18.